The lowest BCUT2D eigenvalue weighted by Gasteiger charge is -2.25. The lowest BCUT2D eigenvalue weighted by molar-refractivity contribution is -0.121. The Morgan fingerprint density at radius 2 is 2.03 bits per heavy atom. The molecular formula is C19H16BrN5O8P. The van der Waals surface area contributed by atoms with E-state index in [4.69, 9.17) is 19.3 Å². The second-order valence-corrected chi connectivity index (χ2v) is 8.84. The monoisotopic (exact) mass is 552 g/mol. The van der Waals surface area contributed by atoms with E-state index in [0.717, 1.165) is 23.0 Å². The van der Waals surface area contributed by atoms with Crippen LogP contribution in [-0.2, 0) is 13.8 Å². The minimum absolute atomic E-state index is 0.200. The third-order valence-electron chi connectivity index (χ3n) is 5.14. The standard InChI is InChI=1S/C19H16BrN5O8P/c20-14-11-4-2-1-3-10(11)5-6-12(14)33-34(30)31-9-19(23-24-21)16(28)15(27)17(32-19)25-13(26)7-8-22-18(25)29/h1-8,15-17,27-28H,9H2,(H,22,29)/t15-,16+,17-,19-/m1/s1. The Hall–Kier alpha value is -3.09. The number of nitrogens with one attached hydrogen (secondary N) is 1. The highest BCUT2D eigenvalue weighted by molar-refractivity contribution is 9.10. The van der Waals surface area contributed by atoms with Crippen LogP contribution in [0.4, 0.5) is 0 Å². The van der Waals surface area contributed by atoms with Gasteiger partial charge in [-0.05, 0) is 38.3 Å². The van der Waals surface area contributed by atoms with Crippen LogP contribution in [0, 0.1) is 0 Å². The highest BCUT2D eigenvalue weighted by atomic mass is 79.9. The van der Waals surface area contributed by atoms with E-state index in [1.54, 1.807) is 12.1 Å². The molecule has 177 valence electrons. The van der Waals surface area contributed by atoms with E-state index in [2.05, 4.69) is 30.9 Å². The van der Waals surface area contributed by atoms with Crippen molar-refractivity contribution in [1.29, 1.82) is 0 Å². The van der Waals surface area contributed by atoms with Crippen LogP contribution in [0.2, 0.25) is 0 Å². The molecule has 1 unspecified atom stereocenters. The fourth-order valence-corrected chi connectivity index (χ4v) is 4.85. The number of nitrogens with zero attached hydrogens (tertiary/aromatic N) is 4. The maximum atomic E-state index is 12.5. The van der Waals surface area contributed by atoms with Gasteiger partial charge in [0.25, 0.3) is 5.56 Å². The highest BCUT2D eigenvalue weighted by Crippen LogP contribution is 2.42. The Labute approximate surface area is 199 Å². The van der Waals surface area contributed by atoms with E-state index < -0.39 is 50.3 Å². The summed E-state index contributed by atoms with van der Waals surface area (Å²) >= 11 is 3.39. The number of aromatic nitrogens is 2. The molecule has 4 rings (SSSR count). The topological polar surface area (TPSA) is 189 Å². The predicted molar refractivity (Wildman–Crippen MR) is 121 cm³/mol. The van der Waals surface area contributed by atoms with Crippen molar-refractivity contribution in [3.63, 3.8) is 0 Å². The summed E-state index contributed by atoms with van der Waals surface area (Å²) in [6.07, 6.45) is -4.41. The van der Waals surface area contributed by atoms with Crippen LogP contribution in [0.1, 0.15) is 6.23 Å². The first-order chi connectivity index (χ1) is 16.3. The summed E-state index contributed by atoms with van der Waals surface area (Å²) in [7, 11) is -2.87. The number of fused-ring (bicyclic) bond motifs is 1. The molecule has 0 saturated carbocycles. The molecule has 3 N–H and O–H groups in total. The van der Waals surface area contributed by atoms with Crippen LogP contribution in [0.25, 0.3) is 21.2 Å². The maximum Gasteiger partial charge on any atom is 0.429 e. The molecule has 1 radical (unpaired) electrons. The number of benzene rings is 2. The maximum absolute atomic E-state index is 12.5. The molecule has 2 aromatic carbocycles. The molecule has 0 bridgehead atoms. The van der Waals surface area contributed by atoms with Gasteiger partial charge in [-0.1, -0.05) is 35.4 Å². The van der Waals surface area contributed by atoms with Gasteiger partial charge < -0.3 is 24.5 Å². The van der Waals surface area contributed by atoms with Gasteiger partial charge in [-0.15, -0.1) is 0 Å². The first-order valence-corrected chi connectivity index (χ1v) is 11.5. The van der Waals surface area contributed by atoms with E-state index in [0.29, 0.717) is 9.04 Å². The number of hydrogen-bond donors (Lipinski definition) is 3. The molecule has 1 saturated heterocycles. The SMILES string of the molecule is [N-]=[N+]=N[C@]1(CO[P](=O)Oc2ccc3ccccc3c2Br)O[C@@H](n2c(=O)cc[nH]c2=O)[C@H](O)[C@@H]1O. The molecule has 0 amide bonds. The van der Waals surface area contributed by atoms with Crippen LogP contribution >= 0.6 is 24.2 Å². The number of aliphatic hydroxyl groups is 2. The Kier molecular flexibility index (Phi) is 6.82. The smallest absolute Gasteiger partial charge is 0.396 e. The Morgan fingerprint density at radius 3 is 2.76 bits per heavy atom. The molecule has 1 fully saturated rings. The van der Waals surface area contributed by atoms with E-state index in [-0.39, 0.29) is 5.75 Å². The fourth-order valence-electron chi connectivity index (χ4n) is 3.49. The van der Waals surface area contributed by atoms with Gasteiger partial charge in [0.2, 0.25) is 5.72 Å². The summed E-state index contributed by atoms with van der Waals surface area (Å²) in [5.41, 5.74) is 4.90. The highest BCUT2D eigenvalue weighted by Gasteiger charge is 2.56. The van der Waals surface area contributed by atoms with Crippen molar-refractivity contribution in [1.82, 2.24) is 9.55 Å². The van der Waals surface area contributed by atoms with Crippen molar-refractivity contribution >= 4 is 35.0 Å². The summed E-state index contributed by atoms with van der Waals surface area (Å²) in [4.78, 5) is 29.0. The second kappa shape index (κ2) is 9.65. The van der Waals surface area contributed by atoms with Crippen LogP contribution in [0.5, 0.6) is 5.75 Å². The van der Waals surface area contributed by atoms with E-state index in [1.807, 2.05) is 24.3 Å². The van der Waals surface area contributed by atoms with Crippen molar-refractivity contribution in [2.75, 3.05) is 6.61 Å². The molecule has 0 spiro atoms. The lowest BCUT2D eigenvalue weighted by Crippen LogP contribution is -2.44. The number of H-pyrrole nitrogens is 1. The summed E-state index contributed by atoms with van der Waals surface area (Å²) < 4.78 is 29.5. The van der Waals surface area contributed by atoms with Crippen LogP contribution in [0.15, 0.2) is 67.8 Å². The summed E-state index contributed by atoms with van der Waals surface area (Å²) in [5, 5.41) is 26.0. The van der Waals surface area contributed by atoms with E-state index in [1.165, 1.54) is 0 Å². The number of ether oxygens (including phenoxy) is 1. The minimum atomic E-state index is -2.87. The summed E-state index contributed by atoms with van der Waals surface area (Å²) in [5.74, 6) is 0.200. The zero-order valence-electron chi connectivity index (χ0n) is 17.0. The van der Waals surface area contributed by atoms with Gasteiger partial charge in [-0.25, -0.2) is 13.9 Å². The molecule has 2 heterocycles. The normalized spacial score (nSPS) is 24.6. The zero-order valence-corrected chi connectivity index (χ0v) is 19.5. The van der Waals surface area contributed by atoms with Crippen molar-refractivity contribution < 1.29 is 28.6 Å². The van der Waals surface area contributed by atoms with E-state index >= 15 is 0 Å². The minimum Gasteiger partial charge on any atom is -0.396 e. The quantitative estimate of drug-likeness (QED) is 0.172. The summed E-state index contributed by atoms with van der Waals surface area (Å²) in [6, 6.07) is 11.7. The number of hydrogen-bond acceptors (Lipinski definition) is 9. The molecule has 15 heteroatoms. The molecule has 1 aliphatic rings. The van der Waals surface area contributed by atoms with Gasteiger partial charge in [0.05, 0.1) is 4.47 Å². The van der Waals surface area contributed by atoms with Gasteiger partial charge >= 0.3 is 13.9 Å². The number of rotatable bonds is 7. The van der Waals surface area contributed by atoms with Gasteiger partial charge in [0.1, 0.15) is 18.8 Å². The molecule has 3 aromatic rings. The fraction of sp³-hybridized carbons (Fsp3) is 0.263. The molecule has 1 aromatic heterocycles. The third-order valence-corrected chi connectivity index (χ3v) is 6.64. The van der Waals surface area contributed by atoms with Crippen LogP contribution in [-0.4, -0.2) is 44.3 Å². The molecular weight excluding hydrogens is 537 g/mol. The van der Waals surface area contributed by atoms with Crippen molar-refractivity contribution in [2.45, 2.75) is 24.2 Å². The van der Waals surface area contributed by atoms with Gasteiger partial charge in [0, 0.05) is 17.2 Å². The molecule has 13 nitrogen and oxygen atoms in total. The molecule has 5 atom stereocenters. The van der Waals surface area contributed by atoms with Gasteiger partial charge in [0.15, 0.2) is 12.0 Å². The Bertz CT molecular complexity index is 1400. The summed E-state index contributed by atoms with van der Waals surface area (Å²) in [6.45, 7) is -0.828. The number of azide groups is 1. The predicted octanol–water partition coefficient (Wildman–Crippen LogP) is 2.46. The lowest BCUT2D eigenvalue weighted by atomic mass is 10.1. The van der Waals surface area contributed by atoms with Gasteiger partial charge in [-0.2, -0.15) is 0 Å². The van der Waals surface area contributed by atoms with E-state index in [9.17, 15) is 24.4 Å². The van der Waals surface area contributed by atoms with Crippen molar-refractivity contribution in [3.8, 4) is 5.75 Å². The molecule has 0 aliphatic carbocycles. The van der Waals surface area contributed by atoms with Gasteiger partial charge in [-0.3, -0.25) is 9.32 Å². The molecule has 1 aliphatic heterocycles. The zero-order chi connectivity index (χ0) is 24.5. The van der Waals surface area contributed by atoms with Crippen molar-refractivity contribution in [3.05, 3.63) is 84.4 Å². The Morgan fingerprint density at radius 1 is 1.26 bits per heavy atom. The largest absolute Gasteiger partial charge is 0.429 e. The first kappa shape index (κ1) is 24.0. The average molecular weight is 553 g/mol. The number of aliphatic hydroxyl groups excluding tert-OH is 2. The number of halogens is 1. The second-order valence-electron chi connectivity index (χ2n) is 7.16. The Balaban J connectivity index is 1.55. The first-order valence-electron chi connectivity index (χ1n) is 9.63. The molecule has 34 heavy (non-hydrogen) atoms. The average Bonchev–Trinajstić information content (AvgIpc) is 3.05. The van der Waals surface area contributed by atoms with Crippen LogP contribution in [0.3, 0.4) is 0 Å². The van der Waals surface area contributed by atoms with Crippen LogP contribution < -0.4 is 15.8 Å². The number of aromatic amines is 1. The third kappa shape index (κ3) is 4.36. The van der Waals surface area contributed by atoms with Crippen molar-refractivity contribution in [2.24, 2.45) is 5.11 Å².